The molecule has 0 spiro atoms. The van der Waals surface area contributed by atoms with E-state index < -0.39 is 23.7 Å². The molecule has 0 aliphatic carbocycles. The zero-order valence-corrected chi connectivity index (χ0v) is 18.0. The normalized spacial score (nSPS) is 15.2. The van der Waals surface area contributed by atoms with Crippen molar-refractivity contribution in [2.75, 3.05) is 6.54 Å². The van der Waals surface area contributed by atoms with Crippen LogP contribution in [0.1, 0.15) is 25.0 Å². The molecule has 2 aromatic carbocycles. The fraction of sp³-hybridized carbons (Fsp3) is 0.227. The predicted molar refractivity (Wildman–Crippen MR) is 116 cm³/mol. The van der Waals surface area contributed by atoms with Gasteiger partial charge < -0.3 is 9.47 Å². The number of esters is 1. The van der Waals surface area contributed by atoms with Gasteiger partial charge >= 0.3 is 5.97 Å². The van der Waals surface area contributed by atoms with E-state index >= 15 is 0 Å². The number of ether oxygens (including phenoxy) is 2. The topological polar surface area (TPSA) is 72.9 Å². The first-order valence-corrected chi connectivity index (χ1v) is 10.4. The summed E-state index contributed by atoms with van der Waals surface area (Å²) in [5, 5.41) is 0.147. The summed E-state index contributed by atoms with van der Waals surface area (Å²) in [4.78, 5) is 37.5. The second kappa shape index (κ2) is 9.82. The summed E-state index contributed by atoms with van der Waals surface area (Å²) in [7, 11) is 0. The highest BCUT2D eigenvalue weighted by Gasteiger charge is 2.36. The van der Waals surface area contributed by atoms with E-state index in [9.17, 15) is 14.4 Å². The van der Waals surface area contributed by atoms with Crippen molar-refractivity contribution in [3.8, 4) is 5.75 Å². The second-order valence-electron chi connectivity index (χ2n) is 6.76. The molecule has 1 fully saturated rings. The predicted octanol–water partition coefficient (Wildman–Crippen LogP) is 4.91. The van der Waals surface area contributed by atoms with Crippen molar-refractivity contribution in [2.24, 2.45) is 0 Å². The van der Waals surface area contributed by atoms with Gasteiger partial charge in [0, 0.05) is 10.6 Å². The molecular weight excluding hydrogens is 426 g/mol. The zero-order chi connectivity index (χ0) is 21.7. The molecule has 0 atom stereocenters. The van der Waals surface area contributed by atoms with Crippen LogP contribution in [0.25, 0.3) is 6.08 Å². The molecule has 0 unspecified atom stereocenters. The van der Waals surface area contributed by atoms with Gasteiger partial charge in [-0.1, -0.05) is 41.9 Å². The lowest BCUT2D eigenvalue weighted by Gasteiger charge is -2.13. The van der Waals surface area contributed by atoms with E-state index in [0.29, 0.717) is 17.4 Å². The Bertz CT molecular complexity index is 987. The molecule has 1 aliphatic heterocycles. The largest absolute Gasteiger partial charge is 0.489 e. The number of imide groups is 1. The monoisotopic (exact) mass is 445 g/mol. The maximum Gasteiger partial charge on any atom is 0.326 e. The van der Waals surface area contributed by atoms with Gasteiger partial charge in [0.15, 0.2) is 0 Å². The summed E-state index contributed by atoms with van der Waals surface area (Å²) in [6.45, 7) is 3.35. The lowest BCUT2D eigenvalue weighted by Crippen LogP contribution is -2.35. The summed E-state index contributed by atoms with van der Waals surface area (Å²) in [5.74, 6) is -0.477. The van der Waals surface area contributed by atoms with Gasteiger partial charge in [-0.15, -0.1) is 0 Å². The first-order chi connectivity index (χ1) is 14.3. The number of hydrogen-bond donors (Lipinski definition) is 0. The van der Waals surface area contributed by atoms with Crippen LogP contribution in [0.2, 0.25) is 5.02 Å². The molecule has 30 heavy (non-hydrogen) atoms. The Kier molecular flexibility index (Phi) is 7.18. The van der Waals surface area contributed by atoms with E-state index in [1.165, 1.54) is 0 Å². The number of carbonyl (C=O) groups excluding carboxylic acids is 3. The number of thioether (sulfide) groups is 1. The van der Waals surface area contributed by atoms with E-state index in [0.717, 1.165) is 27.8 Å². The molecule has 2 aromatic rings. The van der Waals surface area contributed by atoms with E-state index in [1.54, 1.807) is 50.3 Å². The van der Waals surface area contributed by atoms with Gasteiger partial charge in [-0.05, 0) is 55.4 Å². The Morgan fingerprint density at radius 2 is 1.83 bits per heavy atom. The van der Waals surface area contributed by atoms with Crippen molar-refractivity contribution in [1.29, 1.82) is 0 Å². The first kappa shape index (κ1) is 21.9. The molecule has 2 amide bonds. The van der Waals surface area contributed by atoms with Crippen molar-refractivity contribution < 1.29 is 23.9 Å². The Labute approximate surface area is 183 Å². The number of rotatable bonds is 7. The van der Waals surface area contributed by atoms with Gasteiger partial charge in [-0.3, -0.25) is 19.3 Å². The van der Waals surface area contributed by atoms with Gasteiger partial charge in [0.05, 0.1) is 11.0 Å². The van der Waals surface area contributed by atoms with Crippen LogP contribution in [0.5, 0.6) is 5.75 Å². The van der Waals surface area contributed by atoms with Crippen LogP contribution in [0, 0.1) is 0 Å². The minimum Gasteiger partial charge on any atom is -0.489 e. The fourth-order valence-electron chi connectivity index (χ4n) is 2.65. The molecule has 0 aromatic heterocycles. The van der Waals surface area contributed by atoms with Crippen molar-refractivity contribution in [2.45, 2.75) is 26.6 Å². The molecule has 8 heteroatoms. The van der Waals surface area contributed by atoms with Crippen LogP contribution < -0.4 is 4.74 Å². The zero-order valence-electron chi connectivity index (χ0n) is 16.5. The van der Waals surface area contributed by atoms with E-state index in [-0.39, 0.29) is 11.0 Å². The minimum atomic E-state index is -0.617. The van der Waals surface area contributed by atoms with Gasteiger partial charge in [-0.25, -0.2) is 0 Å². The standard InChI is InChI=1S/C22H20ClNO5S/c1-14(2)29-20(25)12-24-21(26)19(30-22(24)27)11-15-7-9-17(10-8-15)28-13-16-5-3-4-6-18(16)23/h3-11,14H,12-13H2,1-2H3/b19-11-. The fourth-order valence-corrected chi connectivity index (χ4v) is 3.68. The summed E-state index contributed by atoms with van der Waals surface area (Å²) in [6.07, 6.45) is 1.29. The molecule has 1 saturated heterocycles. The van der Waals surface area contributed by atoms with E-state index in [2.05, 4.69) is 0 Å². The molecule has 1 heterocycles. The van der Waals surface area contributed by atoms with Gasteiger partial charge in [0.1, 0.15) is 18.9 Å². The summed E-state index contributed by atoms with van der Waals surface area (Å²) < 4.78 is 10.7. The Balaban J connectivity index is 1.62. The van der Waals surface area contributed by atoms with Crippen LogP contribution in [0.15, 0.2) is 53.4 Å². The molecule has 1 aliphatic rings. The Morgan fingerprint density at radius 3 is 2.50 bits per heavy atom. The van der Waals surface area contributed by atoms with Crippen molar-refractivity contribution in [3.05, 3.63) is 69.6 Å². The van der Waals surface area contributed by atoms with Crippen LogP contribution in [-0.4, -0.2) is 34.7 Å². The third-order valence-corrected chi connectivity index (χ3v) is 5.33. The summed E-state index contributed by atoms with van der Waals surface area (Å²) in [5.41, 5.74) is 1.61. The highest BCUT2D eigenvalue weighted by molar-refractivity contribution is 8.18. The highest BCUT2D eigenvalue weighted by Crippen LogP contribution is 2.32. The molecule has 3 rings (SSSR count). The quantitative estimate of drug-likeness (QED) is 0.445. The number of carbonyl (C=O) groups is 3. The molecular formula is C22H20ClNO5S. The summed E-state index contributed by atoms with van der Waals surface area (Å²) >= 11 is 6.92. The number of hydrogen-bond acceptors (Lipinski definition) is 6. The van der Waals surface area contributed by atoms with Gasteiger partial charge in [-0.2, -0.15) is 0 Å². The highest BCUT2D eigenvalue weighted by atomic mass is 35.5. The number of amides is 2. The molecule has 156 valence electrons. The lowest BCUT2D eigenvalue weighted by molar-refractivity contribution is -0.149. The van der Waals surface area contributed by atoms with Crippen LogP contribution >= 0.6 is 23.4 Å². The molecule has 0 saturated carbocycles. The Morgan fingerprint density at radius 1 is 1.13 bits per heavy atom. The molecule has 0 N–H and O–H groups in total. The van der Waals surface area contributed by atoms with Crippen molar-refractivity contribution in [1.82, 2.24) is 4.90 Å². The third-order valence-electron chi connectivity index (χ3n) is 4.06. The summed E-state index contributed by atoms with van der Waals surface area (Å²) in [6, 6.07) is 14.5. The molecule has 0 bridgehead atoms. The SMILES string of the molecule is CC(C)OC(=O)CN1C(=O)S/C(=C\c2ccc(OCc3ccccc3Cl)cc2)C1=O. The maximum atomic E-state index is 12.5. The number of halogens is 1. The van der Waals surface area contributed by atoms with Crippen LogP contribution in [-0.2, 0) is 20.9 Å². The lowest BCUT2D eigenvalue weighted by atomic mass is 10.2. The third kappa shape index (κ3) is 5.64. The van der Waals surface area contributed by atoms with Crippen molar-refractivity contribution in [3.63, 3.8) is 0 Å². The number of nitrogens with zero attached hydrogens (tertiary/aromatic N) is 1. The van der Waals surface area contributed by atoms with Gasteiger partial charge in [0.2, 0.25) is 0 Å². The minimum absolute atomic E-state index is 0.252. The average molecular weight is 446 g/mol. The number of benzene rings is 2. The van der Waals surface area contributed by atoms with Crippen molar-refractivity contribution >= 4 is 46.6 Å². The average Bonchev–Trinajstić information content (AvgIpc) is 2.95. The molecule has 0 radical (unpaired) electrons. The maximum absolute atomic E-state index is 12.5. The van der Waals surface area contributed by atoms with E-state index in [4.69, 9.17) is 21.1 Å². The second-order valence-corrected chi connectivity index (χ2v) is 8.16. The van der Waals surface area contributed by atoms with Gasteiger partial charge in [0.25, 0.3) is 11.1 Å². The van der Waals surface area contributed by atoms with Crippen LogP contribution in [0.4, 0.5) is 4.79 Å². The first-order valence-electron chi connectivity index (χ1n) is 9.24. The van der Waals surface area contributed by atoms with E-state index in [1.807, 2.05) is 18.2 Å². The Hall–Kier alpha value is -2.77. The van der Waals surface area contributed by atoms with Crippen LogP contribution in [0.3, 0.4) is 0 Å². The molecule has 6 nitrogen and oxygen atoms in total. The smallest absolute Gasteiger partial charge is 0.326 e.